The summed E-state index contributed by atoms with van der Waals surface area (Å²) in [6.45, 7) is 8.98. The van der Waals surface area contributed by atoms with E-state index >= 15 is 0 Å². The molecule has 0 atom stereocenters. The van der Waals surface area contributed by atoms with Crippen molar-refractivity contribution in [3.8, 4) is 0 Å². The van der Waals surface area contributed by atoms with Crippen LogP contribution in [0, 0.1) is 0 Å². The highest BCUT2D eigenvalue weighted by Gasteiger charge is 2.17. The van der Waals surface area contributed by atoms with E-state index in [2.05, 4.69) is 18.8 Å². The number of carbonyl (C=O) groups is 1. The lowest BCUT2D eigenvalue weighted by atomic mass is 10.2. The van der Waals surface area contributed by atoms with E-state index in [0.717, 1.165) is 11.0 Å². The van der Waals surface area contributed by atoms with E-state index in [4.69, 9.17) is 0 Å². The van der Waals surface area contributed by atoms with Crippen molar-refractivity contribution in [1.82, 2.24) is 5.32 Å². The highest BCUT2D eigenvalue weighted by atomic mass is 16.1. The van der Waals surface area contributed by atoms with Crippen molar-refractivity contribution in [3.05, 3.63) is 12.2 Å². The van der Waals surface area contributed by atoms with Crippen molar-refractivity contribution in [2.24, 2.45) is 0 Å². The van der Waals surface area contributed by atoms with Gasteiger partial charge in [-0.1, -0.05) is 6.58 Å². The number of hydrogen-bond acceptors (Lipinski definition) is 2. The summed E-state index contributed by atoms with van der Waals surface area (Å²) in [6.07, 6.45) is 0. The summed E-state index contributed by atoms with van der Waals surface area (Å²) >= 11 is 0. The SMILES string of the molecule is C=C(C)C(=O)C[N+](C)(C)CC.CNC. The molecule has 3 nitrogen and oxygen atoms in total. The van der Waals surface area contributed by atoms with E-state index in [1.54, 1.807) is 6.92 Å². The van der Waals surface area contributed by atoms with Gasteiger partial charge in [-0.3, -0.25) is 4.79 Å². The van der Waals surface area contributed by atoms with E-state index in [1.807, 2.05) is 28.2 Å². The minimum atomic E-state index is 0.164. The second-order valence-electron chi connectivity index (χ2n) is 4.11. The van der Waals surface area contributed by atoms with Gasteiger partial charge in [-0.2, -0.15) is 0 Å². The van der Waals surface area contributed by atoms with Crippen molar-refractivity contribution in [2.75, 3.05) is 41.3 Å². The number of hydrogen-bond donors (Lipinski definition) is 1. The van der Waals surface area contributed by atoms with Crippen molar-refractivity contribution >= 4 is 5.78 Å². The fraction of sp³-hybridized carbons (Fsp3) is 0.727. The van der Waals surface area contributed by atoms with Gasteiger partial charge in [0.1, 0.15) is 6.54 Å². The first-order chi connectivity index (χ1) is 6.30. The maximum absolute atomic E-state index is 11.2. The van der Waals surface area contributed by atoms with Crippen LogP contribution in [0.3, 0.4) is 0 Å². The van der Waals surface area contributed by atoms with Gasteiger partial charge < -0.3 is 9.80 Å². The molecular formula is C11H25N2O+. The lowest BCUT2D eigenvalue weighted by molar-refractivity contribution is -0.880. The van der Waals surface area contributed by atoms with E-state index in [-0.39, 0.29) is 5.78 Å². The lowest BCUT2D eigenvalue weighted by Crippen LogP contribution is -2.43. The van der Waals surface area contributed by atoms with Gasteiger partial charge in [-0.25, -0.2) is 0 Å². The molecule has 0 unspecified atom stereocenters. The molecule has 0 aliphatic carbocycles. The van der Waals surface area contributed by atoms with Crippen LogP contribution in [0.1, 0.15) is 13.8 Å². The van der Waals surface area contributed by atoms with Gasteiger partial charge in [0.05, 0.1) is 20.6 Å². The number of carbonyl (C=O) groups excluding carboxylic acids is 1. The number of ketones is 1. The molecule has 14 heavy (non-hydrogen) atoms. The molecule has 0 bridgehead atoms. The average Bonchev–Trinajstić information content (AvgIpc) is 2.05. The Kier molecular flexibility index (Phi) is 8.69. The van der Waals surface area contributed by atoms with Gasteiger partial charge in [-0.15, -0.1) is 0 Å². The van der Waals surface area contributed by atoms with Crippen LogP contribution in [-0.2, 0) is 4.79 Å². The Morgan fingerprint density at radius 1 is 1.36 bits per heavy atom. The second-order valence-corrected chi connectivity index (χ2v) is 4.11. The standard InChI is InChI=1S/C9H18NO.C2H7N/c1-6-10(4,5)7-9(11)8(2)3;1-3-2/h2,6-7H2,1,3-5H3;3H,1-2H3/q+1;. The maximum Gasteiger partial charge on any atom is 0.212 e. The van der Waals surface area contributed by atoms with Crippen molar-refractivity contribution < 1.29 is 9.28 Å². The smallest absolute Gasteiger partial charge is 0.212 e. The number of quaternary nitrogens is 1. The Bertz CT molecular complexity index is 186. The molecular weight excluding hydrogens is 176 g/mol. The summed E-state index contributed by atoms with van der Waals surface area (Å²) in [4.78, 5) is 11.2. The van der Waals surface area contributed by atoms with Crippen LogP contribution in [-0.4, -0.2) is 51.5 Å². The third-order valence-electron chi connectivity index (χ3n) is 1.90. The van der Waals surface area contributed by atoms with Crippen LogP contribution in [0.2, 0.25) is 0 Å². The van der Waals surface area contributed by atoms with Crippen LogP contribution in [0.5, 0.6) is 0 Å². The Morgan fingerprint density at radius 2 is 1.71 bits per heavy atom. The molecule has 0 radical (unpaired) electrons. The number of rotatable bonds is 4. The molecule has 0 heterocycles. The molecule has 0 rings (SSSR count). The largest absolute Gasteiger partial charge is 0.323 e. The highest BCUT2D eigenvalue weighted by molar-refractivity contribution is 5.95. The summed E-state index contributed by atoms with van der Waals surface area (Å²) in [5.74, 6) is 0.164. The number of nitrogens with one attached hydrogen (secondary N) is 1. The quantitative estimate of drug-likeness (QED) is 0.544. The van der Waals surface area contributed by atoms with Crippen LogP contribution in [0.4, 0.5) is 0 Å². The van der Waals surface area contributed by atoms with E-state index in [0.29, 0.717) is 12.1 Å². The zero-order valence-corrected chi connectivity index (χ0v) is 10.5. The minimum absolute atomic E-state index is 0.164. The zero-order valence-electron chi connectivity index (χ0n) is 10.5. The monoisotopic (exact) mass is 201 g/mol. The lowest BCUT2D eigenvalue weighted by Gasteiger charge is -2.27. The first-order valence-electron chi connectivity index (χ1n) is 4.90. The Labute approximate surface area is 88.4 Å². The molecule has 0 spiro atoms. The molecule has 0 aliphatic heterocycles. The fourth-order valence-corrected chi connectivity index (χ4v) is 0.636. The number of likely N-dealkylation sites (N-methyl/N-ethyl adjacent to an activating group) is 1. The highest BCUT2D eigenvalue weighted by Crippen LogP contribution is 1.99. The first kappa shape index (κ1) is 15.8. The average molecular weight is 201 g/mol. The fourth-order valence-electron chi connectivity index (χ4n) is 0.636. The topological polar surface area (TPSA) is 29.1 Å². The summed E-state index contributed by atoms with van der Waals surface area (Å²) in [5, 5.41) is 2.75. The van der Waals surface area contributed by atoms with E-state index < -0.39 is 0 Å². The third-order valence-corrected chi connectivity index (χ3v) is 1.90. The van der Waals surface area contributed by atoms with Gasteiger partial charge in [-0.05, 0) is 33.5 Å². The molecule has 0 saturated heterocycles. The van der Waals surface area contributed by atoms with E-state index in [1.165, 1.54) is 0 Å². The Balaban J connectivity index is 0. The molecule has 0 amide bonds. The van der Waals surface area contributed by atoms with Crippen LogP contribution in [0.15, 0.2) is 12.2 Å². The molecule has 84 valence electrons. The first-order valence-corrected chi connectivity index (χ1v) is 4.90. The molecule has 0 fully saturated rings. The third kappa shape index (κ3) is 9.42. The van der Waals surface area contributed by atoms with Crippen molar-refractivity contribution in [3.63, 3.8) is 0 Å². The van der Waals surface area contributed by atoms with Gasteiger partial charge in [0.25, 0.3) is 0 Å². The molecule has 0 saturated carbocycles. The van der Waals surface area contributed by atoms with Crippen molar-refractivity contribution in [1.29, 1.82) is 0 Å². The van der Waals surface area contributed by atoms with Crippen molar-refractivity contribution in [2.45, 2.75) is 13.8 Å². The second kappa shape index (κ2) is 7.71. The molecule has 0 aromatic heterocycles. The van der Waals surface area contributed by atoms with Crippen LogP contribution >= 0.6 is 0 Å². The molecule has 0 aromatic carbocycles. The summed E-state index contributed by atoms with van der Waals surface area (Å²) < 4.78 is 0.742. The normalized spacial score (nSPS) is 10.1. The maximum atomic E-state index is 11.2. The Hall–Kier alpha value is -0.670. The van der Waals surface area contributed by atoms with Crippen LogP contribution < -0.4 is 5.32 Å². The molecule has 3 heteroatoms. The molecule has 1 N–H and O–H groups in total. The predicted octanol–water partition coefficient (Wildman–Crippen LogP) is 1.06. The Morgan fingerprint density at radius 3 is 1.93 bits per heavy atom. The predicted molar refractivity (Wildman–Crippen MR) is 62.3 cm³/mol. The molecule has 0 aromatic rings. The van der Waals surface area contributed by atoms with Gasteiger partial charge in [0.2, 0.25) is 5.78 Å². The molecule has 0 aliphatic rings. The number of nitrogens with zero attached hydrogens (tertiary/aromatic N) is 1. The minimum Gasteiger partial charge on any atom is -0.323 e. The zero-order chi connectivity index (χ0) is 11.8. The summed E-state index contributed by atoms with van der Waals surface area (Å²) in [7, 11) is 7.84. The summed E-state index contributed by atoms with van der Waals surface area (Å²) in [6, 6.07) is 0. The van der Waals surface area contributed by atoms with Crippen LogP contribution in [0.25, 0.3) is 0 Å². The van der Waals surface area contributed by atoms with Gasteiger partial charge >= 0.3 is 0 Å². The van der Waals surface area contributed by atoms with E-state index in [9.17, 15) is 4.79 Å². The number of Topliss-reactive ketones (excluding diaryl/α,β-unsaturated/α-hetero) is 1. The summed E-state index contributed by atoms with van der Waals surface area (Å²) in [5.41, 5.74) is 0.657. The van der Waals surface area contributed by atoms with Gasteiger partial charge in [0.15, 0.2) is 0 Å². The van der Waals surface area contributed by atoms with Gasteiger partial charge in [0, 0.05) is 0 Å².